The predicted molar refractivity (Wildman–Crippen MR) is 83.9 cm³/mol. The molecule has 3 fully saturated rings. The highest BCUT2D eigenvalue weighted by molar-refractivity contribution is 7.87. The molecule has 0 aromatic heterocycles. The van der Waals surface area contributed by atoms with Crippen molar-refractivity contribution in [2.75, 3.05) is 0 Å². The Hall–Kier alpha value is -1.17. The molecule has 22 heavy (non-hydrogen) atoms. The van der Waals surface area contributed by atoms with E-state index < -0.39 is 27.1 Å². The fourth-order valence-corrected chi connectivity index (χ4v) is 6.19. The lowest BCUT2D eigenvalue weighted by Crippen LogP contribution is -2.76. The van der Waals surface area contributed by atoms with Crippen LogP contribution in [0, 0.1) is 11.8 Å². The van der Waals surface area contributed by atoms with Crippen LogP contribution in [0.1, 0.15) is 26.2 Å². The molecule has 118 valence electrons. The van der Waals surface area contributed by atoms with Gasteiger partial charge in [-0.2, -0.15) is 8.42 Å². The Morgan fingerprint density at radius 3 is 2.55 bits per heavy atom. The number of hydrogen-bond acceptors (Lipinski definition) is 3. The second kappa shape index (κ2) is 4.66. The third-order valence-electron chi connectivity index (χ3n) is 5.67. The van der Waals surface area contributed by atoms with Crippen molar-refractivity contribution in [2.24, 2.45) is 11.8 Å². The molecule has 3 aliphatic carbocycles. The van der Waals surface area contributed by atoms with Gasteiger partial charge in [-0.15, -0.1) is 0 Å². The fourth-order valence-electron chi connectivity index (χ4n) is 4.73. The summed E-state index contributed by atoms with van der Waals surface area (Å²) in [5.41, 5.74) is 2.00. The normalized spacial score (nSPS) is 43.0. The van der Waals surface area contributed by atoms with Crippen molar-refractivity contribution < 1.29 is 17.7 Å². The predicted octanol–water partition coefficient (Wildman–Crippen LogP) is 2.81. The first kappa shape index (κ1) is 14.4. The second-order valence-corrected chi connectivity index (χ2v) is 8.38. The summed E-state index contributed by atoms with van der Waals surface area (Å²) in [4.78, 5) is 0. The third kappa shape index (κ3) is 1.67. The highest BCUT2D eigenvalue weighted by Gasteiger charge is 2.72. The van der Waals surface area contributed by atoms with Crippen LogP contribution in [0.4, 0.5) is 0 Å². The second-order valence-electron chi connectivity index (χ2n) is 6.75. The Kier molecular flexibility index (Phi) is 3.06. The molecular weight excluding hydrogens is 300 g/mol. The van der Waals surface area contributed by atoms with E-state index >= 15 is 0 Å². The van der Waals surface area contributed by atoms with Gasteiger partial charge in [-0.05, 0) is 30.8 Å². The quantitative estimate of drug-likeness (QED) is 0.812. The number of ether oxygens (including phenoxy) is 1. The zero-order valence-electron chi connectivity index (χ0n) is 12.5. The van der Waals surface area contributed by atoms with Crippen LogP contribution in [0.25, 0.3) is 0 Å². The minimum atomic E-state index is -4.24. The average Bonchev–Trinajstić information content (AvgIpc) is 3.08. The standard InChI is InChI=1S/C17H20O4S/c1-11-10-14-17(22(18,19)20,13-8-4-5-9-13)16(21-14)15(11)12-6-2-3-7-12/h2-6,8,11,14-16H,7,9-10H2,1H3,(H,18,19,20). The SMILES string of the molecule is CC1CC2OC(C1C1=CC=CC1)C2(C1=CC=CC1)S(=O)(=O)O. The summed E-state index contributed by atoms with van der Waals surface area (Å²) in [6.07, 6.45) is 13.0. The number of rotatable bonds is 3. The molecule has 2 saturated heterocycles. The molecule has 2 bridgehead atoms. The van der Waals surface area contributed by atoms with Crippen LogP contribution in [-0.4, -0.2) is 29.9 Å². The Bertz CT molecular complexity index is 728. The molecule has 2 heterocycles. The maximum atomic E-state index is 12.4. The lowest BCUT2D eigenvalue weighted by atomic mass is 9.61. The summed E-state index contributed by atoms with van der Waals surface area (Å²) in [7, 11) is -4.24. The molecule has 0 aromatic rings. The van der Waals surface area contributed by atoms with Gasteiger partial charge in [-0.3, -0.25) is 4.55 Å². The van der Waals surface area contributed by atoms with Gasteiger partial charge in [-0.25, -0.2) is 0 Å². The third-order valence-corrected chi connectivity index (χ3v) is 7.28. The van der Waals surface area contributed by atoms with Gasteiger partial charge >= 0.3 is 0 Å². The lowest BCUT2D eigenvalue weighted by Gasteiger charge is -2.62. The Labute approximate surface area is 131 Å². The monoisotopic (exact) mass is 320 g/mol. The summed E-state index contributed by atoms with van der Waals surface area (Å²) in [5, 5.41) is 0. The van der Waals surface area contributed by atoms with Crippen molar-refractivity contribution >= 4 is 10.1 Å². The topological polar surface area (TPSA) is 63.6 Å². The van der Waals surface area contributed by atoms with Crippen LogP contribution in [0.5, 0.6) is 0 Å². The van der Waals surface area contributed by atoms with Crippen molar-refractivity contribution in [3.8, 4) is 0 Å². The first-order chi connectivity index (χ1) is 10.5. The average molecular weight is 320 g/mol. The van der Waals surface area contributed by atoms with Gasteiger partial charge < -0.3 is 4.74 Å². The zero-order chi connectivity index (χ0) is 15.5. The maximum Gasteiger partial charge on any atom is 0.279 e. The smallest absolute Gasteiger partial charge is 0.279 e. The van der Waals surface area contributed by atoms with E-state index in [1.54, 1.807) is 0 Å². The summed E-state index contributed by atoms with van der Waals surface area (Å²) in [6, 6.07) is 0. The van der Waals surface area contributed by atoms with Crippen molar-refractivity contribution in [3.63, 3.8) is 0 Å². The van der Waals surface area contributed by atoms with E-state index in [1.165, 1.54) is 5.57 Å². The van der Waals surface area contributed by atoms with E-state index in [1.807, 2.05) is 24.3 Å². The molecule has 0 amide bonds. The van der Waals surface area contributed by atoms with Crippen molar-refractivity contribution in [2.45, 2.75) is 43.1 Å². The molecule has 5 rings (SSSR count). The number of hydrogen-bond donors (Lipinski definition) is 1. The van der Waals surface area contributed by atoms with Crippen LogP contribution < -0.4 is 0 Å². The molecule has 1 N–H and O–H groups in total. The molecule has 0 aromatic carbocycles. The first-order valence-corrected chi connectivity index (χ1v) is 9.24. The molecule has 5 atom stereocenters. The summed E-state index contributed by atoms with van der Waals surface area (Å²) >= 11 is 0. The molecule has 0 radical (unpaired) electrons. The van der Waals surface area contributed by atoms with Crippen LogP contribution in [0.15, 0.2) is 47.6 Å². The van der Waals surface area contributed by atoms with Gasteiger partial charge in [0.05, 0.1) is 12.2 Å². The van der Waals surface area contributed by atoms with Crippen molar-refractivity contribution in [3.05, 3.63) is 47.6 Å². The lowest BCUT2D eigenvalue weighted by molar-refractivity contribution is -0.220. The van der Waals surface area contributed by atoms with Crippen LogP contribution in [0.2, 0.25) is 0 Å². The maximum absolute atomic E-state index is 12.4. The van der Waals surface area contributed by atoms with E-state index in [9.17, 15) is 13.0 Å². The van der Waals surface area contributed by atoms with Gasteiger partial charge in [0.2, 0.25) is 0 Å². The van der Waals surface area contributed by atoms with Gasteiger partial charge in [-0.1, -0.05) is 49.0 Å². The highest BCUT2D eigenvalue weighted by atomic mass is 32.2. The minimum absolute atomic E-state index is 0.0448. The molecule has 2 aliphatic heterocycles. The molecular formula is C17H20O4S. The minimum Gasteiger partial charge on any atom is -0.370 e. The van der Waals surface area contributed by atoms with E-state index in [0.29, 0.717) is 18.8 Å². The number of allylic oxidation sites excluding steroid dienone is 6. The van der Waals surface area contributed by atoms with Crippen LogP contribution in [0.3, 0.4) is 0 Å². The van der Waals surface area contributed by atoms with E-state index in [-0.39, 0.29) is 5.92 Å². The highest BCUT2D eigenvalue weighted by Crippen LogP contribution is 2.59. The molecule has 4 nitrogen and oxygen atoms in total. The largest absolute Gasteiger partial charge is 0.370 e. The van der Waals surface area contributed by atoms with Gasteiger partial charge in [0.25, 0.3) is 10.1 Å². The molecule has 5 aliphatic rings. The van der Waals surface area contributed by atoms with Gasteiger partial charge in [0.15, 0.2) is 4.75 Å². The first-order valence-electron chi connectivity index (χ1n) is 7.80. The fraction of sp³-hybridized carbons (Fsp3) is 0.529. The molecule has 5 heteroatoms. The van der Waals surface area contributed by atoms with E-state index in [4.69, 9.17) is 4.74 Å². The summed E-state index contributed by atoms with van der Waals surface area (Å²) in [6.45, 7) is 2.15. The Morgan fingerprint density at radius 1 is 1.23 bits per heavy atom. The van der Waals surface area contributed by atoms with E-state index in [2.05, 4.69) is 19.1 Å². The Balaban J connectivity index is 1.80. The summed E-state index contributed by atoms with van der Waals surface area (Å²) in [5.74, 6) is 0.406. The van der Waals surface area contributed by atoms with Crippen molar-refractivity contribution in [1.82, 2.24) is 0 Å². The molecule has 5 unspecified atom stereocenters. The summed E-state index contributed by atoms with van der Waals surface area (Å²) < 4.78 is 39.5. The van der Waals surface area contributed by atoms with Gasteiger partial charge in [0, 0.05) is 5.92 Å². The zero-order valence-corrected chi connectivity index (χ0v) is 13.3. The number of fused-ring (bicyclic) bond motifs is 2. The van der Waals surface area contributed by atoms with Gasteiger partial charge in [0.1, 0.15) is 0 Å². The van der Waals surface area contributed by atoms with E-state index in [0.717, 1.165) is 12.0 Å². The van der Waals surface area contributed by atoms with Crippen LogP contribution >= 0.6 is 0 Å². The Morgan fingerprint density at radius 2 is 1.95 bits per heavy atom. The molecule has 0 spiro atoms. The van der Waals surface area contributed by atoms with Crippen molar-refractivity contribution in [1.29, 1.82) is 0 Å². The molecule has 1 saturated carbocycles. The van der Waals surface area contributed by atoms with Crippen LogP contribution in [-0.2, 0) is 14.9 Å².